The summed E-state index contributed by atoms with van der Waals surface area (Å²) in [5.74, 6) is 1.22. The first kappa shape index (κ1) is 14.0. The second kappa shape index (κ2) is 5.34. The summed E-state index contributed by atoms with van der Waals surface area (Å²) in [7, 11) is 0. The van der Waals surface area contributed by atoms with Crippen LogP contribution in [0.4, 0.5) is 0 Å². The molecule has 0 amide bonds. The van der Waals surface area contributed by atoms with E-state index in [1.54, 1.807) is 12.4 Å². The predicted octanol–water partition coefficient (Wildman–Crippen LogP) is 2.68. The fraction of sp³-hybridized carbons (Fsp3) is 0.444. The minimum Gasteiger partial charge on any atom is -0.330 e. The summed E-state index contributed by atoms with van der Waals surface area (Å²) < 4.78 is 2.14. The van der Waals surface area contributed by atoms with Gasteiger partial charge in [0.1, 0.15) is 11.2 Å². The predicted molar refractivity (Wildman–Crippen MR) is 91.3 cm³/mol. The van der Waals surface area contributed by atoms with Gasteiger partial charge < -0.3 is 5.73 Å². The van der Waals surface area contributed by atoms with E-state index in [-0.39, 0.29) is 0 Å². The number of rotatable bonds is 4. The van der Waals surface area contributed by atoms with Crippen LogP contribution in [0.1, 0.15) is 43.3 Å². The lowest BCUT2D eigenvalue weighted by Gasteiger charge is -2.34. The summed E-state index contributed by atoms with van der Waals surface area (Å²) in [6, 6.07) is 2.39. The molecule has 0 spiro atoms. The lowest BCUT2D eigenvalue weighted by Crippen LogP contribution is -2.32. The molecule has 2 N–H and O–H groups in total. The quantitative estimate of drug-likeness (QED) is 0.799. The standard InChI is InChI=1S/C18H20N6/c19-9-11-7-13(8-11)24-10-14(16(23-24)12-1-2-12)17-18-15(3-4-21-17)20-5-6-22-18/h3-6,10-13H,1-2,7-9,19H2. The Hall–Kier alpha value is -2.34. The second-order valence-corrected chi connectivity index (χ2v) is 6.99. The molecule has 0 aromatic carbocycles. The topological polar surface area (TPSA) is 82.5 Å². The van der Waals surface area contributed by atoms with E-state index in [0.29, 0.717) is 17.9 Å². The summed E-state index contributed by atoms with van der Waals surface area (Å²) in [6.07, 6.45) is 12.1. The maximum atomic E-state index is 5.77. The molecule has 2 saturated carbocycles. The van der Waals surface area contributed by atoms with Crippen molar-refractivity contribution < 1.29 is 0 Å². The molecule has 2 aliphatic carbocycles. The molecule has 24 heavy (non-hydrogen) atoms. The number of pyridine rings is 1. The Morgan fingerprint density at radius 1 is 1.08 bits per heavy atom. The number of aromatic nitrogens is 5. The van der Waals surface area contributed by atoms with Crippen LogP contribution in [0, 0.1) is 5.92 Å². The SMILES string of the molecule is NCC1CC(n2cc(-c3nccc4nccnc34)c(C3CC3)n2)C1. The van der Waals surface area contributed by atoms with Crippen molar-refractivity contribution >= 4 is 11.0 Å². The highest BCUT2D eigenvalue weighted by atomic mass is 15.3. The number of hydrogen-bond acceptors (Lipinski definition) is 5. The number of fused-ring (bicyclic) bond motifs is 1. The van der Waals surface area contributed by atoms with Crippen molar-refractivity contribution in [3.8, 4) is 11.3 Å². The molecule has 3 aromatic rings. The first-order chi connectivity index (χ1) is 11.8. The molecule has 2 aliphatic rings. The Bertz CT molecular complexity index is 886. The molecule has 6 nitrogen and oxygen atoms in total. The van der Waals surface area contributed by atoms with Crippen molar-refractivity contribution in [1.29, 1.82) is 0 Å². The maximum Gasteiger partial charge on any atom is 0.115 e. The summed E-state index contributed by atoms with van der Waals surface area (Å²) in [5, 5.41) is 4.93. The van der Waals surface area contributed by atoms with Gasteiger partial charge in [-0.25, -0.2) is 0 Å². The van der Waals surface area contributed by atoms with Crippen molar-refractivity contribution in [1.82, 2.24) is 24.7 Å². The van der Waals surface area contributed by atoms with Crippen LogP contribution in [0.15, 0.2) is 30.9 Å². The van der Waals surface area contributed by atoms with Crippen molar-refractivity contribution in [2.45, 2.75) is 37.6 Å². The maximum absolute atomic E-state index is 5.77. The van der Waals surface area contributed by atoms with E-state index in [2.05, 4.69) is 25.8 Å². The van der Waals surface area contributed by atoms with E-state index in [1.165, 1.54) is 18.5 Å². The van der Waals surface area contributed by atoms with Crippen molar-refractivity contribution in [3.63, 3.8) is 0 Å². The third-order valence-electron chi connectivity index (χ3n) is 5.28. The highest BCUT2D eigenvalue weighted by Gasteiger charge is 2.35. The van der Waals surface area contributed by atoms with Crippen molar-refractivity contribution in [3.05, 3.63) is 36.5 Å². The Balaban J connectivity index is 1.60. The van der Waals surface area contributed by atoms with Crippen LogP contribution in [-0.2, 0) is 0 Å². The van der Waals surface area contributed by atoms with Gasteiger partial charge in [0.2, 0.25) is 0 Å². The second-order valence-electron chi connectivity index (χ2n) is 6.99. The summed E-state index contributed by atoms with van der Waals surface area (Å²) in [5.41, 5.74) is 10.7. The molecule has 3 heterocycles. The first-order valence-electron chi connectivity index (χ1n) is 8.68. The van der Waals surface area contributed by atoms with E-state index in [4.69, 9.17) is 10.8 Å². The average Bonchev–Trinajstić information content (AvgIpc) is 3.34. The highest BCUT2D eigenvalue weighted by molar-refractivity contribution is 5.89. The van der Waals surface area contributed by atoms with Gasteiger partial charge in [0.05, 0.1) is 17.3 Å². The molecule has 0 unspecified atom stereocenters. The van der Waals surface area contributed by atoms with E-state index in [0.717, 1.165) is 41.7 Å². The van der Waals surface area contributed by atoms with Gasteiger partial charge in [-0.15, -0.1) is 0 Å². The number of nitrogens with two attached hydrogens (primary N) is 1. The molecule has 0 saturated heterocycles. The molecule has 6 heteroatoms. The van der Waals surface area contributed by atoms with E-state index >= 15 is 0 Å². The normalized spacial score (nSPS) is 23.4. The lowest BCUT2D eigenvalue weighted by molar-refractivity contribution is 0.189. The minimum atomic E-state index is 0.478. The van der Waals surface area contributed by atoms with Gasteiger partial charge in [-0.2, -0.15) is 5.10 Å². The molecule has 0 atom stereocenters. The Morgan fingerprint density at radius 2 is 1.92 bits per heavy atom. The Morgan fingerprint density at radius 3 is 2.71 bits per heavy atom. The van der Waals surface area contributed by atoms with Gasteiger partial charge in [0.15, 0.2) is 0 Å². The smallest absolute Gasteiger partial charge is 0.115 e. The van der Waals surface area contributed by atoms with Crippen LogP contribution in [0.2, 0.25) is 0 Å². The van der Waals surface area contributed by atoms with Crippen molar-refractivity contribution in [2.75, 3.05) is 6.54 Å². The van der Waals surface area contributed by atoms with E-state index in [9.17, 15) is 0 Å². The third-order valence-corrected chi connectivity index (χ3v) is 5.28. The molecular weight excluding hydrogens is 300 g/mol. The van der Waals surface area contributed by atoms with Gasteiger partial charge in [-0.3, -0.25) is 19.6 Å². The zero-order chi connectivity index (χ0) is 16.1. The highest BCUT2D eigenvalue weighted by Crippen LogP contribution is 2.45. The summed E-state index contributed by atoms with van der Waals surface area (Å²) >= 11 is 0. The molecule has 0 aliphatic heterocycles. The van der Waals surface area contributed by atoms with Gasteiger partial charge in [0, 0.05) is 36.3 Å². The number of hydrogen-bond donors (Lipinski definition) is 1. The van der Waals surface area contributed by atoms with E-state index < -0.39 is 0 Å². The zero-order valence-electron chi connectivity index (χ0n) is 13.5. The van der Waals surface area contributed by atoms with Crippen LogP contribution in [0.3, 0.4) is 0 Å². The van der Waals surface area contributed by atoms with Crippen LogP contribution in [-0.4, -0.2) is 31.3 Å². The van der Waals surface area contributed by atoms with Crippen LogP contribution in [0.25, 0.3) is 22.3 Å². The van der Waals surface area contributed by atoms with E-state index in [1.807, 2.05) is 12.3 Å². The van der Waals surface area contributed by atoms with Crippen LogP contribution >= 0.6 is 0 Å². The molecule has 5 rings (SSSR count). The number of nitrogens with zero attached hydrogens (tertiary/aromatic N) is 5. The van der Waals surface area contributed by atoms with Crippen LogP contribution in [0.5, 0.6) is 0 Å². The largest absolute Gasteiger partial charge is 0.330 e. The van der Waals surface area contributed by atoms with Crippen LogP contribution < -0.4 is 5.73 Å². The Labute approximate surface area is 140 Å². The first-order valence-corrected chi connectivity index (χ1v) is 8.68. The molecular formula is C18H20N6. The molecule has 3 aromatic heterocycles. The van der Waals surface area contributed by atoms with Gasteiger partial charge >= 0.3 is 0 Å². The summed E-state index contributed by atoms with van der Waals surface area (Å²) in [6.45, 7) is 0.778. The lowest BCUT2D eigenvalue weighted by atomic mass is 9.80. The fourth-order valence-corrected chi connectivity index (χ4v) is 3.64. The molecule has 122 valence electrons. The summed E-state index contributed by atoms with van der Waals surface area (Å²) in [4.78, 5) is 13.5. The minimum absolute atomic E-state index is 0.478. The van der Waals surface area contributed by atoms with Gasteiger partial charge in [-0.05, 0) is 44.2 Å². The van der Waals surface area contributed by atoms with Gasteiger partial charge in [-0.1, -0.05) is 0 Å². The Kier molecular flexibility index (Phi) is 3.13. The third kappa shape index (κ3) is 2.21. The fourth-order valence-electron chi connectivity index (χ4n) is 3.64. The zero-order valence-corrected chi connectivity index (χ0v) is 13.5. The monoisotopic (exact) mass is 320 g/mol. The molecule has 0 bridgehead atoms. The van der Waals surface area contributed by atoms with Crippen molar-refractivity contribution in [2.24, 2.45) is 11.7 Å². The molecule has 2 fully saturated rings. The molecule has 0 radical (unpaired) electrons. The van der Waals surface area contributed by atoms with Gasteiger partial charge in [0.25, 0.3) is 0 Å². The average molecular weight is 320 g/mol.